The van der Waals surface area contributed by atoms with E-state index in [9.17, 15) is 9.59 Å². The summed E-state index contributed by atoms with van der Waals surface area (Å²) in [5, 5.41) is 10.4. The first kappa shape index (κ1) is 20.2. The molecule has 1 N–H and O–H groups in total. The van der Waals surface area contributed by atoms with E-state index in [2.05, 4.69) is 11.6 Å². The third-order valence-corrected chi connectivity index (χ3v) is 5.46. The first-order valence-corrected chi connectivity index (χ1v) is 9.66. The maximum Gasteiger partial charge on any atom is 0.335 e. The van der Waals surface area contributed by atoms with Crippen molar-refractivity contribution in [1.29, 1.82) is 0 Å². The third-order valence-electron chi connectivity index (χ3n) is 3.79. The van der Waals surface area contributed by atoms with Crippen LogP contribution in [0, 0.1) is 0 Å². The number of aromatic carboxylic acids is 1. The van der Waals surface area contributed by atoms with Crippen LogP contribution in [0.1, 0.15) is 15.9 Å². The largest absolute Gasteiger partial charge is 0.478 e. The van der Waals surface area contributed by atoms with Crippen LogP contribution in [0.15, 0.2) is 65.0 Å². The molecule has 1 heterocycles. The van der Waals surface area contributed by atoms with Crippen molar-refractivity contribution in [3.05, 3.63) is 81.2 Å². The molecule has 1 fully saturated rings. The predicted molar refractivity (Wildman–Crippen MR) is 114 cm³/mol. The first-order valence-electron chi connectivity index (χ1n) is 8.09. The molecule has 1 amide bonds. The molecule has 0 atom stereocenters. The number of carboxylic acid groups (broad SMARTS) is 1. The van der Waals surface area contributed by atoms with Crippen molar-refractivity contribution in [1.82, 2.24) is 4.90 Å². The number of hydrogen-bond donors (Lipinski definition) is 1. The minimum absolute atomic E-state index is 0.116. The predicted octanol–water partition coefficient (Wildman–Crippen LogP) is 5.48. The summed E-state index contributed by atoms with van der Waals surface area (Å²) in [4.78, 5) is 30.3. The molecule has 1 aliphatic rings. The zero-order valence-electron chi connectivity index (χ0n) is 14.4. The van der Waals surface area contributed by atoms with E-state index in [1.165, 1.54) is 17.0 Å². The van der Waals surface area contributed by atoms with Crippen molar-refractivity contribution in [2.24, 2.45) is 4.99 Å². The SMILES string of the molecule is C=CCN1C(=O)/C(=C/c2c(Cl)cccc2Cl)SC1=Nc1cccc(C(=O)O)c1. The van der Waals surface area contributed by atoms with Crippen LogP contribution >= 0.6 is 35.0 Å². The average Bonchev–Trinajstić information content (AvgIpc) is 2.94. The molecule has 142 valence electrons. The van der Waals surface area contributed by atoms with Gasteiger partial charge in [0.15, 0.2) is 5.17 Å². The molecule has 3 rings (SSSR count). The van der Waals surface area contributed by atoms with Gasteiger partial charge in [-0.05, 0) is 48.2 Å². The van der Waals surface area contributed by atoms with Gasteiger partial charge in [0.2, 0.25) is 0 Å². The van der Waals surface area contributed by atoms with E-state index in [0.717, 1.165) is 11.8 Å². The smallest absolute Gasteiger partial charge is 0.335 e. The number of aliphatic imine (C=N–C) groups is 1. The molecule has 1 saturated heterocycles. The molecule has 8 heteroatoms. The van der Waals surface area contributed by atoms with Crippen LogP contribution in [0.2, 0.25) is 10.0 Å². The Hall–Kier alpha value is -2.54. The summed E-state index contributed by atoms with van der Waals surface area (Å²) >= 11 is 13.6. The lowest BCUT2D eigenvalue weighted by molar-refractivity contribution is -0.121. The molecule has 28 heavy (non-hydrogen) atoms. The van der Waals surface area contributed by atoms with Crippen LogP contribution in [-0.4, -0.2) is 33.6 Å². The van der Waals surface area contributed by atoms with Crippen LogP contribution in [0.25, 0.3) is 6.08 Å². The van der Waals surface area contributed by atoms with Gasteiger partial charge in [-0.25, -0.2) is 9.79 Å². The molecule has 0 unspecified atom stereocenters. The standard InChI is InChI=1S/C20H14Cl2N2O3S/c1-2-9-24-18(25)17(11-14-15(21)7-4-8-16(14)22)28-20(24)23-13-6-3-5-12(10-13)19(26)27/h2-8,10-11H,1,9H2,(H,26,27)/b17-11-,23-20?. The second-order valence-corrected chi connectivity index (χ2v) is 7.52. The molecule has 0 aromatic heterocycles. The van der Waals surface area contributed by atoms with Gasteiger partial charge in [-0.1, -0.05) is 41.4 Å². The highest BCUT2D eigenvalue weighted by Crippen LogP contribution is 2.36. The number of halogens is 2. The number of nitrogens with zero attached hydrogens (tertiary/aromatic N) is 2. The van der Waals surface area contributed by atoms with Gasteiger partial charge in [-0.2, -0.15) is 0 Å². The number of carboxylic acids is 1. The maximum atomic E-state index is 12.8. The van der Waals surface area contributed by atoms with E-state index in [0.29, 0.717) is 31.4 Å². The van der Waals surface area contributed by atoms with Gasteiger partial charge in [0.1, 0.15) is 0 Å². The highest BCUT2D eigenvalue weighted by Gasteiger charge is 2.33. The topological polar surface area (TPSA) is 70.0 Å². The number of amides is 1. The molecule has 2 aromatic rings. The summed E-state index contributed by atoms with van der Waals surface area (Å²) in [6.07, 6.45) is 3.22. The van der Waals surface area contributed by atoms with Crippen molar-refractivity contribution < 1.29 is 14.7 Å². The molecule has 2 aromatic carbocycles. The fraction of sp³-hybridized carbons (Fsp3) is 0.0500. The lowest BCUT2D eigenvalue weighted by Crippen LogP contribution is -2.29. The van der Waals surface area contributed by atoms with Crippen molar-refractivity contribution in [3.63, 3.8) is 0 Å². The van der Waals surface area contributed by atoms with E-state index in [-0.39, 0.29) is 18.0 Å². The van der Waals surface area contributed by atoms with Crippen LogP contribution in [0.5, 0.6) is 0 Å². The zero-order chi connectivity index (χ0) is 20.3. The molecule has 5 nitrogen and oxygen atoms in total. The molecule has 0 aliphatic carbocycles. The van der Waals surface area contributed by atoms with Crippen LogP contribution in [0.4, 0.5) is 5.69 Å². The fourth-order valence-corrected chi connectivity index (χ4v) is 3.98. The number of thioether (sulfide) groups is 1. The maximum absolute atomic E-state index is 12.8. The van der Waals surface area contributed by atoms with E-state index >= 15 is 0 Å². The summed E-state index contributed by atoms with van der Waals surface area (Å²) < 4.78 is 0. The molecular weight excluding hydrogens is 419 g/mol. The summed E-state index contributed by atoms with van der Waals surface area (Å²) in [6.45, 7) is 3.94. The van der Waals surface area contributed by atoms with Gasteiger partial charge in [0.05, 0.1) is 16.2 Å². The Balaban J connectivity index is 2.01. The number of carbonyl (C=O) groups is 2. The number of carbonyl (C=O) groups excluding carboxylic acids is 1. The second-order valence-electron chi connectivity index (χ2n) is 5.70. The second kappa shape index (κ2) is 8.65. The Morgan fingerprint density at radius 3 is 2.54 bits per heavy atom. The van der Waals surface area contributed by atoms with Crippen molar-refractivity contribution in [2.45, 2.75) is 0 Å². The van der Waals surface area contributed by atoms with Gasteiger partial charge in [-0.15, -0.1) is 6.58 Å². The summed E-state index contributed by atoms with van der Waals surface area (Å²) in [5.41, 5.74) is 1.10. The summed E-state index contributed by atoms with van der Waals surface area (Å²) in [7, 11) is 0. The lowest BCUT2D eigenvalue weighted by Gasteiger charge is -2.12. The fourth-order valence-electron chi connectivity index (χ4n) is 2.48. The van der Waals surface area contributed by atoms with Gasteiger partial charge in [0.25, 0.3) is 5.91 Å². The molecule has 1 aliphatic heterocycles. The quantitative estimate of drug-likeness (QED) is 0.501. The highest BCUT2D eigenvalue weighted by molar-refractivity contribution is 8.18. The number of amidine groups is 1. The van der Waals surface area contributed by atoms with Crippen molar-refractivity contribution in [3.8, 4) is 0 Å². The van der Waals surface area contributed by atoms with Gasteiger partial charge < -0.3 is 5.11 Å². The van der Waals surface area contributed by atoms with E-state index in [1.807, 2.05) is 0 Å². The Morgan fingerprint density at radius 1 is 1.21 bits per heavy atom. The van der Waals surface area contributed by atoms with E-state index in [1.54, 1.807) is 42.5 Å². The average molecular weight is 433 g/mol. The first-order chi connectivity index (χ1) is 13.4. The molecular formula is C20H14Cl2N2O3S. The normalized spacial score (nSPS) is 16.8. The summed E-state index contributed by atoms with van der Waals surface area (Å²) in [6, 6.07) is 11.3. The zero-order valence-corrected chi connectivity index (χ0v) is 16.8. The van der Waals surface area contributed by atoms with Crippen LogP contribution < -0.4 is 0 Å². The molecule has 0 bridgehead atoms. The highest BCUT2D eigenvalue weighted by atomic mass is 35.5. The van der Waals surface area contributed by atoms with Crippen molar-refractivity contribution in [2.75, 3.05) is 6.54 Å². The minimum atomic E-state index is -1.05. The molecule has 0 radical (unpaired) electrons. The van der Waals surface area contributed by atoms with Crippen molar-refractivity contribution >= 4 is 63.8 Å². The van der Waals surface area contributed by atoms with E-state index < -0.39 is 5.97 Å². The Labute approximate surface area is 176 Å². The van der Waals surface area contributed by atoms with E-state index in [4.69, 9.17) is 28.3 Å². The number of rotatable bonds is 5. The van der Waals surface area contributed by atoms with Gasteiger partial charge in [-0.3, -0.25) is 9.69 Å². The number of hydrogen-bond acceptors (Lipinski definition) is 4. The minimum Gasteiger partial charge on any atom is -0.478 e. The Morgan fingerprint density at radius 2 is 1.89 bits per heavy atom. The lowest BCUT2D eigenvalue weighted by atomic mass is 10.2. The van der Waals surface area contributed by atoms with Crippen LogP contribution in [0.3, 0.4) is 0 Å². The third kappa shape index (κ3) is 4.30. The van der Waals surface area contributed by atoms with Gasteiger partial charge >= 0.3 is 5.97 Å². The molecule has 0 saturated carbocycles. The number of benzene rings is 2. The Kier molecular flexibility index (Phi) is 6.24. The van der Waals surface area contributed by atoms with Gasteiger partial charge in [0, 0.05) is 22.2 Å². The Bertz CT molecular complexity index is 1010. The monoisotopic (exact) mass is 432 g/mol. The van der Waals surface area contributed by atoms with Crippen LogP contribution in [-0.2, 0) is 4.79 Å². The summed E-state index contributed by atoms with van der Waals surface area (Å²) in [5.74, 6) is -1.30. The molecule has 0 spiro atoms.